The highest BCUT2D eigenvalue weighted by Gasteiger charge is 2.30. The molecule has 0 bridgehead atoms. The zero-order valence-electron chi connectivity index (χ0n) is 18.5. The first-order chi connectivity index (χ1) is 14.9. The van der Waals surface area contributed by atoms with Crippen molar-refractivity contribution in [2.24, 2.45) is 11.7 Å². The SMILES string of the molecule is CSCCC(NC(=O)C(CCC(=O)O)NC(=O)C(N)CO)C(=O)NC(CC(C)C)C(=O)O. The van der Waals surface area contributed by atoms with E-state index in [1.807, 2.05) is 13.8 Å². The van der Waals surface area contributed by atoms with Gasteiger partial charge < -0.3 is 37.0 Å². The Morgan fingerprint density at radius 2 is 1.38 bits per heavy atom. The first-order valence-electron chi connectivity index (χ1n) is 10.1. The number of hydrogen-bond donors (Lipinski definition) is 7. The predicted octanol–water partition coefficient (Wildman–Crippen LogP) is -1.49. The molecule has 0 aliphatic heterocycles. The number of carboxylic acid groups (broad SMARTS) is 2. The first-order valence-corrected chi connectivity index (χ1v) is 11.5. The summed E-state index contributed by atoms with van der Waals surface area (Å²) in [5.41, 5.74) is 5.43. The van der Waals surface area contributed by atoms with Crippen molar-refractivity contribution in [1.82, 2.24) is 16.0 Å². The van der Waals surface area contributed by atoms with Crippen molar-refractivity contribution >= 4 is 41.4 Å². The number of aliphatic hydroxyl groups is 1. The molecule has 0 aromatic heterocycles. The van der Waals surface area contributed by atoms with Gasteiger partial charge in [0, 0.05) is 6.42 Å². The third-order valence-corrected chi connectivity index (χ3v) is 5.02. The van der Waals surface area contributed by atoms with E-state index in [1.165, 1.54) is 11.8 Å². The molecular formula is C19H34N4O8S. The van der Waals surface area contributed by atoms with Gasteiger partial charge in [-0.3, -0.25) is 19.2 Å². The third kappa shape index (κ3) is 11.9. The summed E-state index contributed by atoms with van der Waals surface area (Å²) in [5, 5.41) is 34.4. The van der Waals surface area contributed by atoms with Crippen LogP contribution in [0.15, 0.2) is 0 Å². The quantitative estimate of drug-likeness (QED) is 0.137. The Hall–Kier alpha value is -2.38. The molecule has 0 heterocycles. The number of carbonyl (C=O) groups excluding carboxylic acids is 3. The number of nitrogens with two attached hydrogens (primary N) is 1. The smallest absolute Gasteiger partial charge is 0.326 e. The molecule has 13 heteroatoms. The summed E-state index contributed by atoms with van der Waals surface area (Å²) in [6, 6.07) is -4.86. The zero-order chi connectivity index (χ0) is 24.8. The van der Waals surface area contributed by atoms with Gasteiger partial charge in [0.2, 0.25) is 17.7 Å². The second kappa shape index (κ2) is 15.4. The van der Waals surface area contributed by atoms with Crippen molar-refractivity contribution in [2.45, 2.75) is 63.7 Å². The topological polar surface area (TPSA) is 208 Å². The van der Waals surface area contributed by atoms with Gasteiger partial charge >= 0.3 is 11.9 Å². The van der Waals surface area contributed by atoms with E-state index in [9.17, 15) is 29.1 Å². The van der Waals surface area contributed by atoms with Gasteiger partial charge in [-0.05, 0) is 37.2 Å². The molecule has 8 N–H and O–H groups in total. The van der Waals surface area contributed by atoms with Crippen LogP contribution in [0.5, 0.6) is 0 Å². The lowest BCUT2D eigenvalue weighted by Crippen LogP contribution is -2.57. The summed E-state index contributed by atoms with van der Waals surface area (Å²) in [7, 11) is 0. The third-order valence-electron chi connectivity index (χ3n) is 4.38. The Labute approximate surface area is 191 Å². The predicted molar refractivity (Wildman–Crippen MR) is 118 cm³/mol. The normalized spacial score (nSPS) is 14.7. The molecule has 0 radical (unpaired) electrons. The van der Waals surface area contributed by atoms with Crippen LogP contribution < -0.4 is 21.7 Å². The minimum absolute atomic E-state index is 0.00184. The molecule has 184 valence electrons. The summed E-state index contributed by atoms with van der Waals surface area (Å²) < 4.78 is 0. The molecule has 0 saturated carbocycles. The van der Waals surface area contributed by atoms with E-state index in [2.05, 4.69) is 16.0 Å². The van der Waals surface area contributed by atoms with Gasteiger partial charge in [-0.15, -0.1) is 0 Å². The van der Waals surface area contributed by atoms with Crippen molar-refractivity contribution in [2.75, 3.05) is 18.6 Å². The lowest BCUT2D eigenvalue weighted by molar-refractivity contribution is -0.142. The Bertz CT molecular complexity index is 661. The molecule has 0 aliphatic rings. The van der Waals surface area contributed by atoms with Gasteiger partial charge in [0.05, 0.1) is 6.61 Å². The molecular weight excluding hydrogens is 444 g/mol. The number of carbonyl (C=O) groups is 5. The van der Waals surface area contributed by atoms with Crippen LogP contribution in [-0.4, -0.2) is 87.8 Å². The van der Waals surface area contributed by atoms with E-state index < -0.39 is 66.9 Å². The number of aliphatic carboxylic acids is 2. The Morgan fingerprint density at radius 1 is 0.875 bits per heavy atom. The van der Waals surface area contributed by atoms with E-state index in [0.717, 1.165) is 0 Å². The fourth-order valence-electron chi connectivity index (χ4n) is 2.64. The molecule has 0 aromatic rings. The van der Waals surface area contributed by atoms with Gasteiger partial charge in [-0.25, -0.2) is 4.79 Å². The molecule has 12 nitrogen and oxygen atoms in total. The second-order valence-corrected chi connectivity index (χ2v) is 8.64. The number of carboxylic acids is 2. The van der Waals surface area contributed by atoms with Crippen LogP contribution in [0.25, 0.3) is 0 Å². The van der Waals surface area contributed by atoms with Crippen LogP contribution in [0, 0.1) is 5.92 Å². The first kappa shape index (κ1) is 29.6. The maximum absolute atomic E-state index is 12.8. The number of aliphatic hydroxyl groups excluding tert-OH is 1. The largest absolute Gasteiger partial charge is 0.481 e. The molecule has 32 heavy (non-hydrogen) atoms. The van der Waals surface area contributed by atoms with Gasteiger partial charge in [0.1, 0.15) is 24.2 Å². The van der Waals surface area contributed by atoms with Gasteiger partial charge in [-0.2, -0.15) is 11.8 Å². The van der Waals surface area contributed by atoms with Gasteiger partial charge in [0.15, 0.2) is 0 Å². The van der Waals surface area contributed by atoms with Crippen molar-refractivity contribution in [1.29, 1.82) is 0 Å². The summed E-state index contributed by atoms with van der Waals surface area (Å²) in [6.07, 6.45) is 1.46. The summed E-state index contributed by atoms with van der Waals surface area (Å²) in [4.78, 5) is 59.8. The summed E-state index contributed by atoms with van der Waals surface area (Å²) in [5.74, 6) is -4.29. The minimum atomic E-state index is -1.31. The molecule has 0 aromatic carbocycles. The maximum atomic E-state index is 12.8. The van der Waals surface area contributed by atoms with E-state index in [1.54, 1.807) is 6.26 Å². The highest BCUT2D eigenvalue weighted by atomic mass is 32.2. The van der Waals surface area contributed by atoms with Crippen molar-refractivity contribution < 1.29 is 39.3 Å². The molecule has 0 fully saturated rings. The number of thioether (sulfide) groups is 1. The molecule has 4 unspecified atom stereocenters. The summed E-state index contributed by atoms with van der Waals surface area (Å²) >= 11 is 1.41. The average Bonchev–Trinajstić information content (AvgIpc) is 2.71. The maximum Gasteiger partial charge on any atom is 0.326 e. The fourth-order valence-corrected chi connectivity index (χ4v) is 3.11. The minimum Gasteiger partial charge on any atom is -0.481 e. The van der Waals surface area contributed by atoms with E-state index in [-0.39, 0.29) is 25.2 Å². The van der Waals surface area contributed by atoms with Gasteiger partial charge in [0.25, 0.3) is 0 Å². The summed E-state index contributed by atoms with van der Waals surface area (Å²) in [6.45, 7) is 2.94. The Kier molecular flexibility index (Phi) is 14.3. The fraction of sp³-hybridized carbons (Fsp3) is 0.737. The number of hydrogen-bond acceptors (Lipinski definition) is 8. The molecule has 0 aliphatic carbocycles. The zero-order valence-corrected chi connectivity index (χ0v) is 19.3. The van der Waals surface area contributed by atoms with Crippen LogP contribution in [0.3, 0.4) is 0 Å². The molecule has 0 spiro atoms. The van der Waals surface area contributed by atoms with Crippen LogP contribution in [-0.2, 0) is 24.0 Å². The highest BCUT2D eigenvalue weighted by Crippen LogP contribution is 2.08. The molecule has 0 rings (SSSR count). The Morgan fingerprint density at radius 3 is 1.81 bits per heavy atom. The van der Waals surface area contributed by atoms with E-state index >= 15 is 0 Å². The number of rotatable bonds is 16. The molecule has 0 saturated heterocycles. The van der Waals surface area contributed by atoms with Gasteiger partial charge in [-0.1, -0.05) is 13.8 Å². The molecule has 3 amide bonds. The van der Waals surface area contributed by atoms with Crippen LogP contribution >= 0.6 is 11.8 Å². The lowest BCUT2D eigenvalue weighted by Gasteiger charge is -2.25. The Balaban J connectivity index is 5.46. The van der Waals surface area contributed by atoms with Crippen LogP contribution in [0.1, 0.15) is 39.5 Å². The monoisotopic (exact) mass is 478 g/mol. The van der Waals surface area contributed by atoms with E-state index in [0.29, 0.717) is 5.75 Å². The second-order valence-electron chi connectivity index (χ2n) is 7.65. The van der Waals surface area contributed by atoms with Crippen molar-refractivity contribution in [3.63, 3.8) is 0 Å². The van der Waals surface area contributed by atoms with Crippen molar-refractivity contribution in [3.05, 3.63) is 0 Å². The van der Waals surface area contributed by atoms with Crippen LogP contribution in [0.4, 0.5) is 0 Å². The standard InChI is InChI=1S/C19H34N4O8S/c1-10(2)8-14(19(30)31)23-18(29)13(6-7-32-3)22-17(28)12(4-5-15(25)26)21-16(27)11(20)9-24/h10-14,24H,4-9,20H2,1-3H3,(H,21,27)(H,22,28)(H,23,29)(H,25,26)(H,30,31). The number of amides is 3. The van der Waals surface area contributed by atoms with Crippen molar-refractivity contribution in [3.8, 4) is 0 Å². The molecule has 4 atom stereocenters. The lowest BCUT2D eigenvalue weighted by atomic mass is 10.0. The van der Waals surface area contributed by atoms with Crippen LogP contribution in [0.2, 0.25) is 0 Å². The highest BCUT2D eigenvalue weighted by molar-refractivity contribution is 7.98. The average molecular weight is 479 g/mol. The van der Waals surface area contributed by atoms with E-state index in [4.69, 9.17) is 15.9 Å². The number of nitrogens with one attached hydrogen (secondary N) is 3.